The number of hydrogen-bond acceptors (Lipinski definition) is 3. The van der Waals surface area contributed by atoms with Gasteiger partial charge in [0, 0.05) is 6.92 Å². The number of nitrogens with one attached hydrogen (secondary N) is 1. The van der Waals surface area contributed by atoms with Crippen molar-refractivity contribution >= 4 is 23.5 Å². The highest BCUT2D eigenvalue weighted by Crippen LogP contribution is 2.27. The van der Waals surface area contributed by atoms with Crippen LogP contribution in [0.2, 0.25) is 5.02 Å². The van der Waals surface area contributed by atoms with Crippen LogP contribution in [-0.2, 0) is 9.59 Å². The van der Waals surface area contributed by atoms with Gasteiger partial charge < -0.3 is 15.2 Å². The van der Waals surface area contributed by atoms with Crippen molar-refractivity contribution in [2.75, 3.05) is 6.61 Å². The molecule has 0 aromatic heterocycles. The lowest BCUT2D eigenvalue weighted by atomic mass is 10.3. The van der Waals surface area contributed by atoms with Gasteiger partial charge in [-0.05, 0) is 12.1 Å². The van der Waals surface area contributed by atoms with Crippen molar-refractivity contribution in [1.82, 2.24) is 5.32 Å². The molecule has 1 rings (SSSR count). The average Bonchev–Trinajstić information content (AvgIpc) is 2.26. The fourth-order valence-corrected chi connectivity index (χ4v) is 1.42. The Balaban J connectivity index is 2.73. The SMILES string of the molecule is CC(=O)NC(COc1c(F)cccc1Cl)C(=O)O. The fourth-order valence-electron chi connectivity index (χ4n) is 1.21. The van der Waals surface area contributed by atoms with Crippen LogP contribution < -0.4 is 10.1 Å². The van der Waals surface area contributed by atoms with Gasteiger partial charge in [0.15, 0.2) is 17.6 Å². The third kappa shape index (κ3) is 3.89. The molecule has 18 heavy (non-hydrogen) atoms. The Hall–Kier alpha value is -1.82. The Bertz CT molecular complexity index is 446. The van der Waals surface area contributed by atoms with Crippen LogP contribution in [0.25, 0.3) is 0 Å². The average molecular weight is 276 g/mol. The number of ether oxygens (including phenoxy) is 1. The van der Waals surface area contributed by atoms with E-state index in [0.717, 1.165) is 6.07 Å². The summed E-state index contributed by atoms with van der Waals surface area (Å²) in [6.45, 7) is 0.752. The molecular formula is C11H11ClFNO4. The van der Waals surface area contributed by atoms with E-state index in [4.69, 9.17) is 21.4 Å². The number of carbonyl (C=O) groups excluding carboxylic acids is 1. The zero-order chi connectivity index (χ0) is 13.7. The summed E-state index contributed by atoms with van der Waals surface area (Å²) in [5, 5.41) is 11.0. The summed E-state index contributed by atoms with van der Waals surface area (Å²) in [6.07, 6.45) is 0. The van der Waals surface area contributed by atoms with E-state index >= 15 is 0 Å². The van der Waals surface area contributed by atoms with E-state index in [1.165, 1.54) is 19.1 Å². The number of halogens is 2. The molecule has 1 atom stereocenters. The second-order valence-corrected chi connectivity index (χ2v) is 3.86. The summed E-state index contributed by atoms with van der Waals surface area (Å²) < 4.78 is 18.3. The monoisotopic (exact) mass is 275 g/mol. The number of amides is 1. The van der Waals surface area contributed by atoms with Crippen molar-refractivity contribution in [2.45, 2.75) is 13.0 Å². The quantitative estimate of drug-likeness (QED) is 0.853. The van der Waals surface area contributed by atoms with E-state index < -0.39 is 30.3 Å². The predicted octanol–water partition coefficient (Wildman–Crippen LogP) is 1.45. The molecule has 0 fully saturated rings. The molecule has 0 aliphatic rings. The Labute approximate surface area is 108 Å². The lowest BCUT2D eigenvalue weighted by Crippen LogP contribution is -2.43. The Kier molecular flexibility index (Phi) is 4.91. The molecular weight excluding hydrogens is 265 g/mol. The van der Waals surface area contributed by atoms with Crippen LogP contribution in [-0.4, -0.2) is 29.6 Å². The van der Waals surface area contributed by atoms with Gasteiger partial charge in [-0.2, -0.15) is 0 Å². The molecule has 98 valence electrons. The predicted molar refractivity (Wildman–Crippen MR) is 62.1 cm³/mol. The van der Waals surface area contributed by atoms with Crippen molar-refractivity contribution in [3.8, 4) is 5.75 Å². The number of hydrogen-bond donors (Lipinski definition) is 2. The van der Waals surface area contributed by atoms with E-state index in [2.05, 4.69) is 5.32 Å². The molecule has 0 radical (unpaired) electrons. The van der Waals surface area contributed by atoms with E-state index in [0.29, 0.717) is 0 Å². The maximum atomic E-state index is 13.3. The van der Waals surface area contributed by atoms with Gasteiger partial charge in [-0.3, -0.25) is 4.79 Å². The minimum atomic E-state index is -1.28. The number of carboxylic acids is 1. The van der Waals surface area contributed by atoms with Gasteiger partial charge in [-0.25, -0.2) is 9.18 Å². The van der Waals surface area contributed by atoms with Crippen LogP contribution >= 0.6 is 11.6 Å². The first-order chi connectivity index (χ1) is 8.41. The first-order valence-electron chi connectivity index (χ1n) is 4.98. The highest BCUT2D eigenvalue weighted by atomic mass is 35.5. The third-order valence-electron chi connectivity index (χ3n) is 1.99. The lowest BCUT2D eigenvalue weighted by Gasteiger charge is -2.15. The normalized spacial score (nSPS) is 11.7. The molecule has 1 aromatic carbocycles. The van der Waals surface area contributed by atoms with Gasteiger partial charge in [0.05, 0.1) is 5.02 Å². The highest BCUT2D eigenvalue weighted by molar-refractivity contribution is 6.32. The molecule has 0 bridgehead atoms. The minimum Gasteiger partial charge on any atom is -0.486 e. The molecule has 1 aromatic rings. The molecule has 0 saturated carbocycles. The molecule has 0 spiro atoms. The number of rotatable bonds is 5. The second kappa shape index (κ2) is 6.20. The van der Waals surface area contributed by atoms with Gasteiger partial charge in [-0.15, -0.1) is 0 Å². The Morgan fingerprint density at radius 2 is 2.22 bits per heavy atom. The first-order valence-corrected chi connectivity index (χ1v) is 5.36. The molecule has 1 unspecified atom stereocenters. The van der Waals surface area contributed by atoms with Crippen LogP contribution in [0.3, 0.4) is 0 Å². The number of benzene rings is 1. The van der Waals surface area contributed by atoms with Gasteiger partial charge in [0.2, 0.25) is 5.91 Å². The molecule has 0 saturated heterocycles. The van der Waals surface area contributed by atoms with Crippen LogP contribution in [0.1, 0.15) is 6.92 Å². The van der Waals surface area contributed by atoms with Gasteiger partial charge in [-0.1, -0.05) is 17.7 Å². The fraction of sp³-hybridized carbons (Fsp3) is 0.273. The molecule has 2 N–H and O–H groups in total. The summed E-state index contributed by atoms with van der Waals surface area (Å²) in [7, 11) is 0. The second-order valence-electron chi connectivity index (χ2n) is 3.45. The largest absolute Gasteiger partial charge is 0.486 e. The minimum absolute atomic E-state index is 0.0296. The molecule has 0 aliphatic heterocycles. The molecule has 0 aliphatic carbocycles. The van der Waals surface area contributed by atoms with Crippen molar-refractivity contribution in [2.24, 2.45) is 0 Å². The number of carbonyl (C=O) groups is 2. The van der Waals surface area contributed by atoms with Crippen molar-refractivity contribution in [1.29, 1.82) is 0 Å². The first kappa shape index (κ1) is 14.2. The molecule has 1 amide bonds. The number of carboxylic acid groups (broad SMARTS) is 1. The zero-order valence-electron chi connectivity index (χ0n) is 9.44. The van der Waals surface area contributed by atoms with Gasteiger partial charge >= 0.3 is 5.97 Å². The number of aliphatic carboxylic acids is 1. The summed E-state index contributed by atoms with van der Waals surface area (Å²) in [5.74, 6) is -2.74. The standard InChI is InChI=1S/C11H11ClFNO4/c1-6(15)14-9(11(16)17)5-18-10-7(12)3-2-4-8(10)13/h2-4,9H,5H2,1H3,(H,14,15)(H,16,17). The highest BCUT2D eigenvalue weighted by Gasteiger charge is 2.20. The molecule has 0 heterocycles. The van der Waals surface area contributed by atoms with E-state index in [-0.39, 0.29) is 10.8 Å². The van der Waals surface area contributed by atoms with Gasteiger partial charge in [0.25, 0.3) is 0 Å². The van der Waals surface area contributed by atoms with Crippen molar-refractivity contribution in [3.05, 3.63) is 29.0 Å². The zero-order valence-corrected chi connectivity index (χ0v) is 10.2. The van der Waals surface area contributed by atoms with Crippen molar-refractivity contribution in [3.63, 3.8) is 0 Å². The van der Waals surface area contributed by atoms with E-state index in [9.17, 15) is 14.0 Å². The third-order valence-corrected chi connectivity index (χ3v) is 2.29. The van der Waals surface area contributed by atoms with Crippen LogP contribution in [0.5, 0.6) is 5.75 Å². The van der Waals surface area contributed by atoms with Crippen LogP contribution in [0.4, 0.5) is 4.39 Å². The number of para-hydroxylation sites is 1. The Morgan fingerprint density at radius 3 is 2.72 bits per heavy atom. The summed E-state index contributed by atoms with van der Waals surface area (Å²) in [5.41, 5.74) is 0. The van der Waals surface area contributed by atoms with Crippen LogP contribution in [0.15, 0.2) is 18.2 Å². The summed E-state index contributed by atoms with van der Waals surface area (Å²) >= 11 is 5.70. The van der Waals surface area contributed by atoms with E-state index in [1.54, 1.807) is 0 Å². The maximum absolute atomic E-state index is 13.3. The van der Waals surface area contributed by atoms with Crippen molar-refractivity contribution < 1.29 is 23.8 Å². The summed E-state index contributed by atoms with van der Waals surface area (Å²) in [4.78, 5) is 21.6. The topological polar surface area (TPSA) is 75.6 Å². The summed E-state index contributed by atoms with van der Waals surface area (Å²) in [6, 6.07) is 2.68. The lowest BCUT2D eigenvalue weighted by molar-refractivity contribution is -0.142. The molecule has 7 heteroatoms. The van der Waals surface area contributed by atoms with Gasteiger partial charge in [0.1, 0.15) is 6.61 Å². The maximum Gasteiger partial charge on any atom is 0.329 e. The van der Waals surface area contributed by atoms with E-state index in [1.807, 2.05) is 0 Å². The Morgan fingerprint density at radius 1 is 1.56 bits per heavy atom. The smallest absolute Gasteiger partial charge is 0.329 e. The van der Waals surface area contributed by atoms with Crippen LogP contribution in [0, 0.1) is 5.82 Å². The molecule has 5 nitrogen and oxygen atoms in total.